The largest absolute Gasteiger partial charge is 0.532 e. The van der Waals surface area contributed by atoms with Gasteiger partial charge in [0.1, 0.15) is 6.04 Å². The van der Waals surface area contributed by atoms with Crippen LogP contribution in [0, 0.1) is 0 Å². The summed E-state index contributed by atoms with van der Waals surface area (Å²) in [6.07, 6.45) is 20.3. The van der Waals surface area contributed by atoms with Crippen LogP contribution < -0.4 is 11.5 Å². The Bertz CT molecular complexity index is 482. The fraction of sp³-hybridized carbons (Fsp3) is 0.962. The molecule has 0 fully saturated rings. The first kappa shape index (κ1) is 33.5. The summed E-state index contributed by atoms with van der Waals surface area (Å²) in [6.45, 7) is 5.47. The maximum Gasteiger partial charge on any atom is 0.532 e. The van der Waals surface area contributed by atoms with Crippen molar-refractivity contribution in [3.63, 3.8) is 0 Å². The van der Waals surface area contributed by atoms with Crippen LogP contribution in [0.4, 0.5) is 0 Å². The van der Waals surface area contributed by atoms with Gasteiger partial charge in [0.2, 0.25) is 0 Å². The highest BCUT2D eigenvalue weighted by Crippen LogP contribution is 2.50. The van der Waals surface area contributed by atoms with Crippen molar-refractivity contribution >= 4 is 13.8 Å². The van der Waals surface area contributed by atoms with Gasteiger partial charge in [-0.15, -0.1) is 0 Å². The van der Waals surface area contributed by atoms with Gasteiger partial charge in [-0.1, -0.05) is 110 Å². The van der Waals surface area contributed by atoms with Crippen molar-refractivity contribution < 1.29 is 22.9 Å². The molecule has 0 radical (unpaired) electrons. The van der Waals surface area contributed by atoms with Crippen LogP contribution in [0.2, 0.25) is 0 Å². The van der Waals surface area contributed by atoms with Crippen LogP contribution in [0.15, 0.2) is 0 Å². The van der Waals surface area contributed by atoms with Crippen LogP contribution in [0.1, 0.15) is 136 Å². The van der Waals surface area contributed by atoms with Gasteiger partial charge in [0.05, 0.1) is 13.2 Å². The van der Waals surface area contributed by atoms with Crippen molar-refractivity contribution in [1.29, 1.82) is 0 Å². The summed E-state index contributed by atoms with van der Waals surface area (Å²) in [5.74, 6) is -0.729. The van der Waals surface area contributed by atoms with Crippen LogP contribution in [0.5, 0.6) is 0 Å². The number of phosphoric ester groups is 1. The van der Waals surface area contributed by atoms with Crippen molar-refractivity contribution in [3.05, 3.63) is 0 Å². The molecule has 1 atom stereocenters. The third-order valence-electron chi connectivity index (χ3n) is 5.97. The number of hydrogen-bond acceptors (Lipinski definition) is 7. The Morgan fingerprint density at radius 2 is 1.09 bits per heavy atom. The number of carbonyl (C=O) groups is 1. The molecule has 0 heterocycles. The Hall–Kier alpha value is -0.460. The average molecular weight is 507 g/mol. The predicted molar refractivity (Wildman–Crippen MR) is 142 cm³/mol. The number of phosphoric acid groups is 1. The topological polar surface area (TPSA) is 114 Å². The van der Waals surface area contributed by atoms with Crippen molar-refractivity contribution in [2.75, 3.05) is 19.8 Å². The molecule has 0 aliphatic heterocycles. The molecular weight excluding hydrogens is 451 g/mol. The van der Waals surface area contributed by atoms with Gasteiger partial charge in [0.25, 0.3) is 0 Å². The molecule has 0 aromatic carbocycles. The molecule has 0 spiro atoms. The lowest BCUT2D eigenvalue weighted by molar-refractivity contribution is -0.138. The minimum atomic E-state index is -3.96. The van der Waals surface area contributed by atoms with E-state index in [4.69, 9.17) is 25.0 Å². The lowest BCUT2D eigenvalue weighted by atomic mass is 10.1. The number of hydrogen-bond donors (Lipinski definition) is 2. The second-order valence-electron chi connectivity index (χ2n) is 9.36. The summed E-state index contributed by atoms with van der Waals surface area (Å²) in [5.41, 5.74) is 11.4. The number of unbranched alkanes of at least 4 members (excludes halogenated alkanes) is 15. The summed E-state index contributed by atoms with van der Waals surface area (Å²) in [5, 5.41) is 0. The highest BCUT2D eigenvalue weighted by Gasteiger charge is 2.33. The molecule has 0 aliphatic rings. The van der Waals surface area contributed by atoms with Crippen LogP contribution in [0.3, 0.4) is 0 Å². The van der Waals surface area contributed by atoms with Gasteiger partial charge >= 0.3 is 13.8 Å². The minimum absolute atomic E-state index is 0.249. The first-order chi connectivity index (χ1) is 16.5. The van der Waals surface area contributed by atoms with E-state index in [0.717, 1.165) is 51.4 Å². The fourth-order valence-electron chi connectivity index (χ4n) is 3.72. The monoisotopic (exact) mass is 506 g/mol. The number of rotatable bonds is 26. The molecule has 0 unspecified atom stereocenters. The average Bonchev–Trinajstić information content (AvgIpc) is 2.82. The van der Waals surface area contributed by atoms with Gasteiger partial charge in [-0.3, -0.25) is 9.05 Å². The molecule has 0 aromatic heterocycles. The second kappa shape index (κ2) is 24.2. The van der Waals surface area contributed by atoms with E-state index in [9.17, 15) is 9.36 Å². The molecule has 7 nitrogen and oxygen atoms in total. The van der Waals surface area contributed by atoms with Gasteiger partial charge in [0.15, 0.2) is 0 Å². The summed E-state index contributed by atoms with van der Waals surface area (Å²) in [4.78, 5) is 12.4. The van der Waals surface area contributed by atoms with E-state index in [1.165, 1.54) is 64.2 Å². The van der Waals surface area contributed by atoms with Gasteiger partial charge in [-0.05, 0) is 32.2 Å². The second-order valence-corrected chi connectivity index (χ2v) is 11.0. The van der Waals surface area contributed by atoms with Crippen molar-refractivity contribution in [1.82, 2.24) is 0 Å². The van der Waals surface area contributed by atoms with E-state index in [0.29, 0.717) is 13.0 Å². The van der Waals surface area contributed by atoms with Crippen LogP contribution in [-0.4, -0.2) is 31.8 Å². The molecule has 0 bridgehead atoms. The van der Waals surface area contributed by atoms with E-state index in [-0.39, 0.29) is 13.2 Å². The standard InChI is InChI=1S/C26H55N2O5P/c1-3-5-7-9-11-13-15-19-23-31-34(30,33-26(29)25(28)21-17-18-22-27)32-24-20-16-14-12-10-8-6-4-2/h25H,3-24,27-28H2,1-2H3/t25-/m0/s1. The van der Waals surface area contributed by atoms with Crippen LogP contribution in [-0.2, 0) is 22.9 Å². The lowest BCUT2D eigenvalue weighted by Crippen LogP contribution is -2.32. The Kier molecular flexibility index (Phi) is 23.9. The zero-order chi connectivity index (χ0) is 25.3. The maximum atomic E-state index is 13.1. The fourth-order valence-corrected chi connectivity index (χ4v) is 4.96. The van der Waals surface area contributed by atoms with E-state index in [1.807, 2.05) is 0 Å². The number of carbonyl (C=O) groups excluding carboxylic acids is 1. The van der Waals surface area contributed by atoms with Gasteiger partial charge in [-0.2, -0.15) is 0 Å². The van der Waals surface area contributed by atoms with Crippen molar-refractivity contribution in [3.8, 4) is 0 Å². The Balaban J connectivity index is 4.36. The molecule has 0 saturated carbocycles. The van der Waals surface area contributed by atoms with E-state index >= 15 is 0 Å². The maximum absolute atomic E-state index is 13.1. The van der Waals surface area contributed by atoms with E-state index in [1.54, 1.807) is 0 Å². The molecule has 0 amide bonds. The molecule has 4 N–H and O–H groups in total. The van der Waals surface area contributed by atoms with Crippen molar-refractivity contribution in [2.45, 2.75) is 142 Å². The third kappa shape index (κ3) is 20.9. The van der Waals surface area contributed by atoms with E-state index < -0.39 is 19.8 Å². The smallest absolute Gasteiger partial charge is 0.369 e. The SMILES string of the molecule is CCCCCCCCCCOP(=O)(OCCCCCCCCCC)OC(=O)[C@@H](N)CCCCN. The molecule has 0 saturated heterocycles. The molecule has 34 heavy (non-hydrogen) atoms. The Labute approximate surface area is 210 Å². The summed E-state index contributed by atoms with van der Waals surface area (Å²) < 4.78 is 29.3. The molecule has 0 rings (SSSR count). The molecule has 0 aromatic rings. The molecule has 204 valence electrons. The molecule has 0 aliphatic carbocycles. The highest BCUT2D eigenvalue weighted by atomic mass is 31.2. The summed E-state index contributed by atoms with van der Waals surface area (Å²) in [6, 6.07) is -0.849. The van der Waals surface area contributed by atoms with Crippen molar-refractivity contribution in [2.24, 2.45) is 11.5 Å². The highest BCUT2D eigenvalue weighted by molar-refractivity contribution is 7.49. The molecule has 8 heteroatoms. The third-order valence-corrected chi connectivity index (χ3v) is 7.37. The first-order valence-electron chi connectivity index (χ1n) is 14.1. The lowest BCUT2D eigenvalue weighted by Gasteiger charge is -2.19. The summed E-state index contributed by atoms with van der Waals surface area (Å²) >= 11 is 0. The zero-order valence-electron chi connectivity index (χ0n) is 22.3. The van der Waals surface area contributed by atoms with Gasteiger partial charge < -0.3 is 16.0 Å². The Morgan fingerprint density at radius 3 is 1.50 bits per heavy atom. The Morgan fingerprint density at radius 1 is 0.676 bits per heavy atom. The predicted octanol–water partition coefficient (Wildman–Crippen LogP) is 7.41. The van der Waals surface area contributed by atoms with Gasteiger partial charge in [0, 0.05) is 0 Å². The quantitative estimate of drug-likeness (QED) is 0.0927. The first-order valence-corrected chi connectivity index (χ1v) is 15.5. The van der Waals surface area contributed by atoms with Crippen LogP contribution in [0.25, 0.3) is 0 Å². The normalized spacial score (nSPS) is 12.7. The zero-order valence-corrected chi connectivity index (χ0v) is 23.2. The van der Waals surface area contributed by atoms with Crippen LogP contribution >= 0.6 is 7.82 Å². The van der Waals surface area contributed by atoms with Gasteiger partial charge in [-0.25, -0.2) is 9.36 Å². The van der Waals surface area contributed by atoms with E-state index in [2.05, 4.69) is 13.8 Å². The summed E-state index contributed by atoms with van der Waals surface area (Å²) in [7, 11) is -3.96. The minimum Gasteiger partial charge on any atom is -0.369 e. The molecular formula is C26H55N2O5P. The number of nitrogens with two attached hydrogens (primary N) is 2.